The number of nitrogens with one attached hydrogen (secondary N) is 1. The van der Waals surface area contributed by atoms with Crippen LogP contribution in [0.15, 0.2) is 24.3 Å². The Hall–Kier alpha value is -1.37. The van der Waals surface area contributed by atoms with E-state index in [1.54, 1.807) is 34.8 Å². The van der Waals surface area contributed by atoms with Gasteiger partial charge in [-0.05, 0) is 30.1 Å². The van der Waals surface area contributed by atoms with Crippen molar-refractivity contribution in [1.82, 2.24) is 15.5 Å². The van der Waals surface area contributed by atoms with Gasteiger partial charge in [0.1, 0.15) is 10.8 Å². The predicted molar refractivity (Wildman–Crippen MR) is 78.1 cm³/mol. The first-order chi connectivity index (χ1) is 9.26. The highest BCUT2D eigenvalue weighted by Crippen LogP contribution is 2.35. The third kappa shape index (κ3) is 2.65. The first kappa shape index (κ1) is 12.7. The highest BCUT2D eigenvalue weighted by Gasteiger charge is 2.10. The molecule has 98 valence electrons. The summed E-state index contributed by atoms with van der Waals surface area (Å²) in [5, 5.41) is 14.5. The molecule has 1 aromatic carbocycles. The molecule has 0 atom stereocenters. The average molecular weight is 293 g/mol. The van der Waals surface area contributed by atoms with Crippen LogP contribution in [-0.4, -0.2) is 16.7 Å². The maximum atomic E-state index is 13.2. The summed E-state index contributed by atoms with van der Waals surface area (Å²) in [5.74, 6) is -0.203. The first-order valence-corrected chi connectivity index (χ1v) is 7.62. The second-order valence-electron chi connectivity index (χ2n) is 4.07. The molecule has 0 unspecified atom stereocenters. The fraction of sp³-hybridized carbons (Fsp3) is 0.231. The van der Waals surface area contributed by atoms with Crippen LogP contribution in [0.4, 0.5) is 4.39 Å². The zero-order chi connectivity index (χ0) is 13.2. The highest BCUT2D eigenvalue weighted by atomic mass is 32.1. The molecule has 0 amide bonds. The van der Waals surface area contributed by atoms with E-state index in [4.69, 9.17) is 0 Å². The van der Waals surface area contributed by atoms with E-state index >= 15 is 0 Å². The molecule has 19 heavy (non-hydrogen) atoms. The van der Waals surface area contributed by atoms with Crippen molar-refractivity contribution < 1.29 is 4.39 Å². The molecular weight excluding hydrogens is 281 g/mol. The van der Waals surface area contributed by atoms with E-state index in [2.05, 4.69) is 22.4 Å². The van der Waals surface area contributed by atoms with Gasteiger partial charge in [0, 0.05) is 11.2 Å². The van der Waals surface area contributed by atoms with Gasteiger partial charge in [-0.2, -0.15) is 0 Å². The molecule has 0 aliphatic carbocycles. The minimum absolute atomic E-state index is 0.203. The first-order valence-electron chi connectivity index (χ1n) is 5.99. The predicted octanol–water partition coefficient (Wildman–Crippen LogP) is 3.67. The van der Waals surface area contributed by atoms with E-state index in [9.17, 15) is 4.39 Å². The number of aromatic nitrogens is 2. The Balaban J connectivity index is 1.92. The third-order valence-corrected chi connectivity index (χ3v) is 4.88. The van der Waals surface area contributed by atoms with Crippen LogP contribution < -0.4 is 5.32 Å². The van der Waals surface area contributed by atoms with Gasteiger partial charge in [-0.1, -0.05) is 24.3 Å². The van der Waals surface area contributed by atoms with Crippen molar-refractivity contribution >= 4 is 32.8 Å². The number of halogens is 1. The van der Waals surface area contributed by atoms with Gasteiger partial charge < -0.3 is 5.32 Å². The topological polar surface area (TPSA) is 37.8 Å². The quantitative estimate of drug-likeness (QED) is 0.797. The molecule has 0 saturated carbocycles. The zero-order valence-electron chi connectivity index (χ0n) is 10.3. The summed E-state index contributed by atoms with van der Waals surface area (Å²) in [4.78, 5) is 1.04. The van der Waals surface area contributed by atoms with Crippen molar-refractivity contribution in [3.63, 3.8) is 0 Å². The lowest BCUT2D eigenvalue weighted by atomic mass is 10.2. The van der Waals surface area contributed by atoms with Crippen LogP contribution in [0.25, 0.3) is 20.0 Å². The molecule has 0 aliphatic rings. The Morgan fingerprint density at radius 2 is 2.11 bits per heavy atom. The number of benzene rings is 1. The van der Waals surface area contributed by atoms with Crippen molar-refractivity contribution in [1.29, 1.82) is 0 Å². The summed E-state index contributed by atoms with van der Waals surface area (Å²) in [7, 11) is 0. The molecule has 1 N–H and O–H groups in total. The van der Waals surface area contributed by atoms with Gasteiger partial charge in [-0.15, -0.1) is 21.5 Å². The lowest BCUT2D eigenvalue weighted by Crippen LogP contribution is -2.11. The van der Waals surface area contributed by atoms with Crippen molar-refractivity contribution in [3.8, 4) is 9.88 Å². The maximum absolute atomic E-state index is 13.2. The molecule has 0 aliphatic heterocycles. The van der Waals surface area contributed by atoms with Crippen LogP contribution in [-0.2, 0) is 6.54 Å². The van der Waals surface area contributed by atoms with Gasteiger partial charge >= 0.3 is 0 Å². The molecule has 3 rings (SSSR count). The number of thiophene rings is 1. The summed E-state index contributed by atoms with van der Waals surface area (Å²) < 4.78 is 14.1. The minimum atomic E-state index is -0.203. The van der Waals surface area contributed by atoms with Crippen molar-refractivity contribution in [2.24, 2.45) is 0 Å². The molecule has 6 heteroatoms. The lowest BCUT2D eigenvalue weighted by molar-refractivity contribution is 0.630. The van der Waals surface area contributed by atoms with E-state index in [1.165, 1.54) is 6.07 Å². The van der Waals surface area contributed by atoms with E-state index in [0.29, 0.717) is 0 Å². The Bertz CT molecular complexity index is 705. The standard InChI is InChI=1S/C13H12FN3S2/c1-2-15-7-12-16-17-13(19-12)11-5-8-3-4-9(14)6-10(8)18-11/h3-6,15H,2,7H2,1H3. The van der Waals surface area contributed by atoms with Crippen LogP contribution in [0.3, 0.4) is 0 Å². The second kappa shape index (κ2) is 5.32. The molecular formula is C13H12FN3S2. The number of hydrogen-bond acceptors (Lipinski definition) is 5. The summed E-state index contributed by atoms with van der Waals surface area (Å²) in [6, 6.07) is 6.88. The number of fused-ring (bicyclic) bond motifs is 1. The maximum Gasteiger partial charge on any atom is 0.157 e. The van der Waals surface area contributed by atoms with Gasteiger partial charge in [-0.3, -0.25) is 0 Å². The molecule has 3 nitrogen and oxygen atoms in total. The summed E-state index contributed by atoms with van der Waals surface area (Å²) in [6.45, 7) is 3.72. The van der Waals surface area contributed by atoms with Gasteiger partial charge in [0.2, 0.25) is 0 Å². The average Bonchev–Trinajstić information content (AvgIpc) is 3.01. The van der Waals surface area contributed by atoms with Gasteiger partial charge in [0.05, 0.1) is 4.88 Å². The van der Waals surface area contributed by atoms with Crippen LogP contribution in [0.5, 0.6) is 0 Å². The molecule has 0 spiro atoms. The number of hydrogen-bond donors (Lipinski definition) is 1. The SMILES string of the molecule is CCNCc1nnc(-c2cc3ccc(F)cc3s2)s1. The van der Waals surface area contributed by atoms with E-state index in [-0.39, 0.29) is 5.82 Å². The van der Waals surface area contributed by atoms with Crippen molar-refractivity contribution in [3.05, 3.63) is 35.1 Å². The number of nitrogens with zero attached hydrogens (tertiary/aromatic N) is 2. The van der Waals surface area contributed by atoms with Gasteiger partial charge in [0.25, 0.3) is 0 Å². The van der Waals surface area contributed by atoms with Gasteiger partial charge in [0.15, 0.2) is 5.01 Å². The molecule has 3 aromatic rings. The smallest absolute Gasteiger partial charge is 0.157 e. The lowest BCUT2D eigenvalue weighted by Gasteiger charge is -1.93. The fourth-order valence-electron chi connectivity index (χ4n) is 1.77. The zero-order valence-corrected chi connectivity index (χ0v) is 11.9. The molecule has 0 fully saturated rings. The Kier molecular flexibility index (Phi) is 3.54. The van der Waals surface area contributed by atoms with E-state index in [1.807, 2.05) is 6.07 Å². The Labute approximate surface area is 118 Å². The highest BCUT2D eigenvalue weighted by molar-refractivity contribution is 7.25. The molecule has 0 bridgehead atoms. The summed E-state index contributed by atoms with van der Waals surface area (Å²) in [6.07, 6.45) is 0. The van der Waals surface area contributed by atoms with Crippen molar-refractivity contribution in [2.75, 3.05) is 6.54 Å². The van der Waals surface area contributed by atoms with E-state index < -0.39 is 0 Å². The normalized spacial score (nSPS) is 11.3. The molecule has 2 heterocycles. The summed E-state index contributed by atoms with van der Waals surface area (Å²) >= 11 is 3.13. The third-order valence-electron chi connectivity index (χ3n) is 2.69. The summed E-state index contributed by atoms with van der Waals surface area (Å²) in [5.41, 5.74) is 0. The molecule has 0 radical (unpaired) electrons. The largest absolute Gasteiger partial charge is 0.311 e. The second-order valence-corrected chi connectivity index (χ2v) is 6.22. The van der Waals surface area contributed by atoms with Gasteiger partial charge in [-0.25, -0.2) is 4.39 Å². The van der Waals surface area contributed by atoms with Crippen LogP contribution in [0, 0.1) is 5.82 Å². The Morgan fingerprint density at radius 1 is 1.21 bits per heavy atom. The fourth-order valence-corrected chi connectivity index (χ4v) is 3.70. The molecule has 0 saturated heterocycles. The van der Waals surface area contributed by atoms with Crippen LogP contribution >= 0.6 is 22.7 Å². The van der Waals surface area contributed by atoms with Crippen LogP contribution in [0.1, 0.15) is 11.9 Å². The monoisotopic (exact) mass is 293 g/mol. The number of rotatable bonds is 4. The van der Waals surface area contributed by atoms with Crippen LogP contribution in [0.2, 0.25) is 0 Å². The molecule has 2 aromatic heterocycles. The van der Waals surface area contributed by atoms with Crippen molar-refractivity contribution in [2.45, 2.75) is 13.5 Å². The van der Waals surface area contributed by atoms with E-state index in [0.717, 1.165) is 38.1 Å². The Morgan fingerprint density at radius 3 is 2.95 bits per heavy atom. The minimum Gasteiger partial charge on any atom is -0.311 e.